The van der Waals surface area contributed by atoms with Gasteiger partial charge in [0.05, 0.1) is 19.3 Å². The molecular weight excluding hydrogens is 228 g/mol. The molecule has 1 heterocycles. The summed E-state index contributed by atoms with van der Waals surface area (Å²) >= 11 is 0. The van der Waals surface area contributed by atoms with Crippen molar-refractivity contribution in [3.05, 3.63) is 0 Å². The topological polar surface area (TPSA) is 99.1 Å². The predicted molar refractivity (Wildman–Crippen MR) is 58.6 cm³/mol. The first-order chi connectivity index (χ1) is 8.06. The van der Waals surface area contributed by atoms with Crippen molar-refractivity contribution in [2.75, 3.05) is 26.4 Å². The van der Waals surface area contributed by atoms with Gasteiger partial charge in [0.15, 0.2) is 0 Å². The van der Waals surface area contributed by atoms with Crippen molar-refractivity contribution in [2.45, 2.75) is 25.4 Å². The van der Waals surface area contributed by atoms with E-state index >= 15 is 0 Å². The summed E-state index contributed by atoms with van der Waals surface area (Å²) in [6.07, 6.45) is -0.000204. The third-order valence-electron chi connectivity index (χ3n) is 2.64. The van der Waals surface area contributed by atoms with E-state index in [-0.39, 0.29) is 19.1 Å². The Morgan fingerprint density at radius 3 is 2.82 bits per heavy atom. The van der Waals surface area contributed by atoms with Crippen molar-refractivity contribution >= 4 is 12.0 Å². The van der Waals surface area contributed by atoms with Crippen molar-refractivity contribution < 1.29 is 24.5 Å². The number of aliphatic hydroxyl groups excluding tert-OH is 1. The summed E-state index contributed by atoms with van der Waals surface area (Å²) in [6, 6.07) is -1.56. The highest BCUT2D eigenvalue weighted by molar-refractivity contribution is 5.82. The zero-order valence-corrected chi connectivity index (χ0v) is 9.76. The molecule has 0 aromatic rings. The molecule has 0 aromatic heterocycles. The van der Waals surface area contributed by atoms with Gasteiger partial charge in [0.1, 0.15) is 6.04 Å². The number of carbonyl (C=O) groups is 2. The highest BCUT2D eigenvalue weighted by atomic mass is 16.5. The van der Waals surface area contributed by atoms with Crippen LogP contribution in [0.3, 0.4) is 0 Å². The predicted octanol–water partition coefficient (Wildman–Crippen LogP) is -0.748. The molecule has 1 aliphatic rings. The Labute approximate surface area is 99.4 Å². The third kappa shape index (κ3) is 3.86. The Morgan fingerprint density at radius 2 is 2.29 bits per heavy atom. The fourth-order valence-electron chi connectivity index (χ4n) is 1.65. The first kappa shape index (κ1) is 13.7. The molecule has 7 heteroatoms. The second-order valence-corrected chi connectivity index (χ2v) is 3.97. The Bertz CT molecular complexity index is 284. The van der Waals surface area contributed by atoms with Crippen LogP contribution in [0.4, 0.5) is 4.79 Å². The SMILES string of the molecule is CC1COCCN1C(=O)N[C@@H](CCO)C(=O)O. The van der Waals surface area contributed by atoms with E-state index in [4.69, 9.17) is 14.9 Å². The summed E-state index contributed by atoms with van der Waals surface area (Å²) in [4.78, 5) is 24.2. The molecule has 1 rings (SSSR count). The smallest absolute Gasteiger partial charge is 0.326 e. The number of urea groups is 1. The van der Waals surface area contributed by atoms with Crippen LogP contribution in [0.25, 0.3) is 0 Å². The van der Waals surface area contributed by atoms with Crippen LogP contribution in [0.15, 0.2) is 0 Å². The molecule has 1 unspecified atom stereocenters. The number of aliphatic hydroxyl groups is 1. The lowest BCUT2D eigenvalue weighted by Crippen LogP contribution is -2.54. The molecule has 98 valence electrons. The van der Waals surface area contributed by atoms with Crippen LogP contribution in [-0.4, -0.2) is 65.6 Å². The number of morpholine rings is 1. The number of nitrogens with zero attached hydrogens (tertiary/aromatic N) is 1. The maximum Gasteiger partial charge on any atom is 0.326 e. The minimum absolute atomic E-state index is 0.000204. The van der Waals surface area contributed by atoms with Gasteiger partial charge in [0, 0.05) is 19.6 Å². The molecule has 7 nitrogen and oxygen atoms in total. The number of aliphatic carboxylic acids is 1. The zero-order valence-electron chi connectivity index (χ0n) is 9.76. The fraction of sp³-hybridized carbons (Fsp3) is 0.800. The normalized spacial score (nSPS) is 22.0. The molecule has 0 saturated carbocycles. The Hall–Kier alpha value is -1.34. The van der Waals surface area contributed by atoms with Gasteiger partial charge in [0.2, 0.25) is 0 Å². The molecule has 1 aliphatic heterocycles. The largest absolute Gasteiger partial charge is 0.480 e. The van der Waals surface area contributed by atoms with Crippen LogP contribution in [0.5, 0.6) is 0 Å². The lowest BCUT2D eigenvalue weighted by molar-refractivity contribution is -0.139. The van der Waals surface area contributed by atoms with E-state index in [1.165, 1.54) is 4.90 Å². The molecule has 0 spiro atoms. The number of rotatable bonds is 4. The molecule has 2 amide bonds. The van der Waals surface area contributed by atoms with Gasteiger partial charge in [0.25, 0.3) is 0 Å². The van der Waals surface area contributed by atoms with Crippen LogP contribution in [0.1, 0.15) is 13.3 Å². The van der Waals surface area contributed by atoms with Gasteiger partial charge in [-0.1, -0.05) is 0 Å². The van der Waals surface area contributed by atoms with Gasteiger partial charge in [-0.25, -0.2) is 9.59 Å². The van der Waals surface area contributed by atoms with Crippen molar-refractivity contribution in [3.63, 3.8) is 0 Å². The van der Waals surface area contributed by atoms with E-state index in [9.17, 15) is 9.59 Å². The molecular formula is C10H18N2O5. The van der Waals surface area contributed by atoms with E-state index < -0.39 is 18.0 Å². The maximum atomic E-state index is 11.8. The standard InChI is InChI=1S/C10H18N2O5/c1-7-6-17-5-3-12(7)10(16)11-8(2-4-13)9(14)15/h7-8,13H,2-6H2,1H3,(H,11,16)(H,14,15)/t7?,8-/m0/s1. The summed E-state index contributed by atoms with van der Waals surface area (Å²) in [5, 5.41) is 20.0. The van der Waals surface area contributed by atoms with Crippen LogP contribution >= 0.6 is 0 Å². The molecule has 3 N–H and O–H groups in total. The van der Waals surface area contributed by atoms with Gasteiger partial charge in [-0.05, 0) is 6.92 Å². The number of nitrogens with one attached hydrogen (secondary N) is 1. The van der Waals surface area contributed by atoms with Crippen LogP contribution in [0.2, 0.25) is 0 Å². The minimum atomic E-state index is -1.15. The van der Waals surface area contributed by atoms with Gasteiger partial charge in [-0.2, -0.15) is 0 Å². The average molecular weight is 246 g/mol. The van der Waals surface area contributed by atoms with Crippen LogP contribution < -0.4 is 5.32 Å². The molecule has 0 radical (unpaired) electrons. The maximum absolute atomic E-state index is 11.8. The van der Waals surface area contributed by atoms with Gasteiger partial charge in [-0.3, -0.25) is 0 Å². The summed E-state index contributed by atoms with van der Waals surface area (Å²) in [7, 11) is 0. The highest BCUT2D eigenvalue weighted by Crippen LogP contribution is 2.06. The van der Waals surface area contributed by atoms with Gasteiger partial charge >= 0.3 is 12.0 Å². The summed E-state index contributed by atoms with van der Waals surface area (Å²) in [5.74, 6) is -1.15. The number of carboxylic acid groups (broad SMARTS) is 1. The minimum Gasteiger partial charge on any atom is -0.480 e. The molecule has 1 saturated heterocycles. The monoisotopic (exact) mass is 246 g/mol. The zero-order chi connectivity index (χ0) is 12.8. The molecule has 2 atom stereocenters. The van der Waals surface area contributed by atoms with Crippen LogP contribution in [-0.2, 0) is 9.53 Å². The molecule has 17 heavy (non-hydrogen) atoms. The first-order valence-electron chi connectivity index (χ1n) is 5.54. The number of hydrogen-bond donors (Lipinski definition) is 3. The second kappa shape index (κ2) is 6.41. The molecule has 1 fully saturated rings. The molecule has 0 aliphatic carbocycles. The summed E-state index contributed by atoms with van der Waals surface area (Å²) in [6.45, 7) is 2.90. The third-order valence-corrected chi connectivity index (χ3v) is 2.64. The summed E-state index contributed by atoms with van der Waals surface area (Å²) < 4.78 is 5.18. The van der Waals surface area contributed by atoms with E-state index in [0.29, 0.717) is 19.8 Å². The highest BCUT2D eigenvalue weighted by Gasteiger charge is 2.27. The van der Waals surface area contributed by atoms with Gasteiger partial charge < -0.3 is 25.2 Å². The van der Waals surface area contributed by atoms with Crippen molar-refractivity contribution in [1.29, 1.82) is 0 Å². The molecule has 0 bridgehead atoms. The Kier molecular flexibility index (Phi) is 5.17. The number of carbonyl (C=O) groups excluding carboxylic acids is 1. The van der Waals surface area contributed by atoms with Gasteiger partial charge in [-0.15, -0.1) is 0 Å². The Balaban J connectivity index is 2.53. The number of hydrogen-bond acceptors (Lipinski definition) is 4. The van der Waals surface area contributed by atoms with Crippen molar-refractivity contribution in [3.8, 4) is 0 Å². The lowest BCUT2D eigenvalue weighted by atomic mass is 10.2. The van der Waals surface area contributed by atoms with E-state index in [0.717, 1.165) is 0 Å². The second-order valence-electron chi connectivity index (χ2n) is 3.97. The average Bonchev–Trinajstić information content (AvgIpc) is 2.28. The number of amides is 2. The van der Waals surface area contributed by atoms with E-state index in [1.807, 2.05) is 6.92 Å². The molecule has 0 aromatic carbocycles. The quantitative estimate of drug-likeness (QED) is 0.606. The fourth-order valence-corrected chi connectivity index (χ4v) is 1.65. The van der Waals surface area contributed by atoms with E-state index in [1.54, 1.807) is 0 Å². The van der Waals surface area contributed by atoms with Crippen LogP contribution in [0, 0.1) is 0 Å². The lowest BCUT2D eigenvalue weighted by Gasteiger charge is -2.34. The number of carboxylic acids is 1. The number of ether oxygens (including phenoxy) is 1. The van der Waals surface area contributed by atoms with Crippen molar-refractivity contribution in [2.24, 2.45) is 0 Å². The summed E-state index contributed by atoms with van der Waals surface area (Å²) in [5.41, 5.74) is 0. The first-order valence-corrected chi connectivity index (χ1v) is 5.54. The Morgan fingerprint density at radius 1 is 1.59 bits per heavy atom. The van der Waals surface area contributed by atoms with E-state index in [2.05, 4.69) is 5.32 Å². The van der Waals surface area contributed by atoms with Crippen molar-refractivity contribution in [1.82, 2.24) is 10.2 Å².